The zero-order valence-electron chi connectivity index (χ0n) is 13.0. The number of likely N-dealkylation sites (tertiary alicyclic amines) is 1. The summed E-state index contributed by atoms with van der Waals surface area (Å²) in [6, 6.07) is 7.73. The molecule has 21 heavy (non-hydrogen) atoms. The lowest BCUT2D eigenvalue weighted by molar-refractivity contribution is 0.101. The van der Waals surface area contributed by atoms with Crippen molar-refractivity contribution in [2.75, 3.05) is 26.2 Å². The number of Topliss-reactive ketones (excluding diaryl/α,β-unsaturated/α-hetero) is 1. The zero-order valence-corrected chi connectivity index (χ0v) is 13.0. The van der Waals surface area contributed by atoms with Crippen molar-refractivity contribution in [1.82, 2.24) is 4.90 Å². The summed E-state index contributed by atoms with van der Waals surface area (Å²) < 4.78 is 5.79. The quantitative estimate of drug-likeness (QED) is 0.817. The number of carbonyl (C=O) groups excluding carboxylic acids is 1. The van der Waals surface area contributed by atoms with Crippen LogP contribution in [-0.2, 0) is 0 Å². The number of para-hydroxylation sites is 1. The number of ether oxygens (including phenoxy) is 1. The minimum Gasteiger partial charge on any atom is -0.491 e. The van der Waals surface area contributed by atoms with E-state index < -0.39 is 0 Å². The number of carbonyl (C=O) groups is 1. The van der Waals surface area contributed by atoms with Crippen LogP contribution in [0.25, 0.3) is 0 Å². The van der Waals surface area contributed by atoms with Gasteiger partial charge in [0.2, 0.25) is 0 Å². The highest BCUT2D eigenvalue weighted by Crippen LogP contribution is 2.20. The van der Waals surface area contributed by atoms with E-state index in [0.29, 0.717) is 29.9 Å². The van der Waals surface area contributed by atoms with Crippen LogP contribution in [0.4, 0.5) is 0 Å². The summed E-state index contributed by atoms with van der Waals surface area (Å²) >= 11 is 0. The van der Waals surface area contributed by atoms with Gasteiger partial charge in [0.25, 0.3) is 0 Å². The van der Waals surface area contributed by atoms with Gasteiger partial charge in [-0.25, -0.2) is 0 Å². The molecule has 1 saturated heterocycles. The lowest BCUT2D eigenvalue weighted by atomic mass is 9.91. The molecule has 1 heterocycles. The number of nitrogens with zero attached hydrogens (tertiary/aromatic N) is 1. The van der Waals surface area contributed by atoms with Gasteiger partial charge in [-0.3, -0.25) is 9.69 Å². The Morgan fingerprint density at radius 2 is 2.05 bits per heavy atom. The second-order valence-electron chi connectivity index (χ2n) is 5.94. The van der Waals surface area contributed by atoms with Crippen LogP contribution in [0.5, 0.6) is 5.75 Å². The van der Waals surface area contributed by atoms with E-state index in [1.54, 1.807) is 6.92 Å². The highest BCUT2D eigenvalue weighted by molar-refractivity contribution is 5.96. The average molecular weight is 290 g/mol. The SMILES string of the molecule is CC(=O)c1ccccc1OCCN1CCC(C(C)N)CC1. The average Bonchev–Trinajstić information content (AvgIpc) is 2.48. The molecule has 0 aromatic heterocycles. The van der Waals surface area contributed by atoms with E-state index in [1.165, 1.54) is 12.8 Å². The largest absolute Gasteiger partial charge is 0.491 e. The first-order valence-electron chi connectivity index (χ1n) is 7.78. The van der Waals surface area contributed by atoms with Crippen LogP contribution < -0.4 is 10.5 Å². The normalized spacial score (nSPS) is 18.4. The molecule has 1 aromatic rings. The topological polar surface area (TPSA) is 55.6 Å². The Labute approximate surface area is 127 Å². The number of rotatable bonds is 6. The summed E-state index contributed by atoms with van der Waals surface area (Å²) in [6.07, 6.45) is 2.34. The third-order valence-corrected chi connectivity index (χ3v) is 4.31. The smallest absolute Gasteiger partial charge is 0.163 e. The molecule has 0 saturated carbocycles. The molecule has 0 amide bonds. The molecule has 1 unspecified atom stereocenters. The van der Waals surface area contributed by atoms with Crippen LogP contribution >= 0.6 is 0 Å². The monoisotopic (exact) mass is 290 g/mol. The second-order valence-corrected chi connectivity index (χ2v) is 5.94. The Morgan fingerprint density at radius 3 is 2.67 bits per heavy atom. The van der Waals surface area contributed by atoms with E-state index in [1.807, 2.05) is 24.3 Å². The Bertz CT molecular complexity index is 466. The summed E-state index contributed by atoms with van der Waals surface area (Å²) in [5, 5.41) is 0. The molecule has 0 aliphatic carbocycles. The maximum absolute atomic E-state index is 11.5. The van der Waals surface area contributed by atoms with E-state index in [9.17, 15) is 4.79 Å². The number of piperidine rings is 1. The molecule has 1 aliphatic rings. The summed E-state index contributed by atoms with van der Waals surface area (Å²) in [7, 11) is 0. The van der Waals surface area contributed by atoms with E-state index in [4.69, 9.17) is 10.5 Å². The fourth-order valence-electron chi connectivity index (χ4n) is 2.87. The van der Waals surface area contributed by atoms with Crippen molar-refractivity contribution in [2.45, 2.75) is 32.7 Å². The van der Waals surface area contributed by atoms with Crippen molar-refractivity contribution >= 4 is 5.78 Å². The Hall–Kier alpha value is -1.39. The molecule has 2 rings (SSSR count). The molecule has 1 aliphatic heterocycles. The first-order valence-corrected chi connectivity index (χ1v) is 7.78. The van der Waals surface area contributed by atoms with Crippen molar-refractivity contribution in [1.29, 1.82) is 0 Å². The van der Waals surface area contributed by atoms with Crippen LogP contribution in [0.3, 0.4) is 0 Å². The molecular weight excluding hydrogens is 264 g/mol. The van der Waals surface area contributed by atoms with E-state index >= 15 is 0 Å². The highest BCUT2D eigenvalue weighted by atomic mass is 16.5. The minimum atomic E-state index is 0.0448. The van der Waals surface area contributed by atoms with Crippen molar-refractivity contribution < 1.29 is 9.53 Å². The Kier molecular flexibility index (Phi) is 5.76. The molecule has 116 valence electrons. The summed E-state index contributed by atoms with van der Waals surface area (Å²) in [6.45, 7) is 7.36. The molecule has 1 atom stereocenters. The van der Waals surface area contributed by atoms with Crippen LogP contribution in [0, 0.1) is 5.92 Å². The number of hydrogen-bond acceptors (Lipinski definition) is 4. The van der Waals surface area contributed by atoms with Gasteiger partial charge in [0.05, 0.1) is 5.56 Å². The number of ketones is 1. The van der Waals surface area contributed by atoms with Gasteiger partial charge in [0, 0.05) is 12.6 Å². The lowest BCUT2D eigenvalue weighted by Crippen LogP contribution is -2.41. The molecule has 2 N–H and O–H groups in total. The predicted molar refractivity (Wildman–Crippen MR) is 84.8 cm³/mol. The molecule has 0 spiro atoms. The van der Waals surface area contributed by atoms with E-state index in [0.717, 1.165) is 19.6 Å². The lowest BCUT2D eigenvalue weighted by Gasteiger charge is -2.33. The molecule has 0 bridgehead atoms. The van der Waals surface area contributed by atoms with Gasteiger partial charge in [-0.05, 0) is 57.8 Å². The molecule has 4 nitrogen and oxygen atoms in total. The third-order valence-electron chi connectivity index (χ3n) is 4.31. The highest BCUT2D eigenvalue weighted by Gasteiger charge is 2.21. The fraction of sp³-hybridized carbons (Fsp3) is 0.588. The molecule has 4 heteroatoms. The first-order chi connectivity index (χ1) is 10.1. The standard InChI is InChI=1S/C17H26N2O2/c1-13(18)15-7-9-19(10-8-15)11-12-21-17-6-4-3-5-16(17)14(2)20/h3-6,13,15H,7-12,18H2,1-2H3. The number of benzene rings is 1. The van der Waals surface area contributed by atoms with Crippen molar-refractivity contribution in [3.63, 3.8) is 0 Å². The van der Waals surface area contributed by atoms with Crippen LogP contribution in [-0.4, -0.2) is 43.0 Å². The zero-order chi connectivity index (χ0) is 15.2. The minimum absolute atomic E-state index is 0.0448. The molecular formula is C17H26N2O2. The van der Waals surface area contributed by atoms with Gasteiger partial charge in [0.15, 0.2) is 5.78 Å². The number of hydrogen-bond donors (Lipinski definition) is 1. The van der Waals surface area contributed by atoms with Gasteiger partial charge in [-0.15, -0.1) is 0 Å². The molecule has 1 aromatic carbocycles. The van der Waals surface area contributed by atoms with Crippen LogP contribution in [0.1, 0.15) is 37.0 Å². The van der Waals surface area contributed by atoms with Gasteiger partial charge >= 0.3 is 0 Å². The van der Waals surface area contributed by atoms with Crippen molar-refractivity contribution in [2.24, 2.45) is 11.7 Å². The van der Waals surface area contributed by atoms with Crippen molar-refractivity contribution in [3.05, 3.63) is 29.8 Å². The van der Waals surface area contributed by atoms with Crippen molar-refractivity contribution in [3.8, 4) is 5.75 Å². The van der Waals surface area contributed by atoms with Gasteiger partial charge in [-0.1, -0.05) is 12.1 Å². The Balaban J connectivity index is 1.77. The summed E-state index contributed by atoms with van der Waals surface area (Å²) in [5.41, 5.74) is 6.62. The predicted octanol–water partition coefficient (Wildman–Crippen LogP) is 2.33. The third kappa shape index (κ3) is 4.55. The fourth-order valence-corrected chi connectivity index (χ4v) is 2.87. The first kappa shape index (κ1) is 16.0. The van der Waals surface area contributed by atoms with Gasteiger partial charge in [-0.2, -0.15) is 0 Å². The van der Waals surface area contributed by atoms with Crippen LogP contribution in [0.15, 0.2) is 24.3 Å². The maximum Gasteiger partial charge on any atom is 0.163 e. The maximum atomic E-state index is 11.5. The molecule has 0 radical (unpaired) electrons. The molecule has 1 fully saturated rings. The summed E-state index contributed by atoms with van der Waals surface area (Å²) in [4.78, 5) is 13.9. The summed E-state index contributed by atoms with van der Waals surface area (Å²) in [5.74, 6) is 1.39. The Morgan fingerprint density at radius 1 is 1.38 bits per heavy atom. The second kappa shape index (κ2) is 7.57. The van der Waals surface area contributed by atoms with Gasteiger partial charge in [0.1, 0.15) is 12.4 Å². The van der Waals surface area contributed by atoms with Gasteiger partial charge < -0.3 is 10.5 Å². The van der Waals surface area contributed by atoms with E-state index in [2.05, 4.69) is 11.8 Å². The number of nitrogens with two attached hydrogens (primary N) is 1. The van der Waals surface area contributed by atoms with Crippen LogP contribution in [0.2, 0.25) is 0 Å². The van der Waals surface area contributed by atoms with E-state index in [-0.39, 0.29) is 5.78 Å².